The Hall–Kier alpha value is -3.11. The van der Waals surface area contributed by atoms with Gasteiger partial charge in [0.1, 0.15) is 0 Å². The van der Waals surface area contributed by atoms with Crippen molar-refractivity contribution in [3.05, 3.63) is 45.6 Å². The molecular formula is C17H17F3N2O6. The fraction of sp³-hybridized carbons (Fsp3) is 0.412. The van der Waals surface area contributed by atoms with E-state index in [-0.39, 0.29) is 23.5 Å². The van der Waals surface area contributed by atoms with Gasteiger partial charge in [-0.05, 0) is 19.4 Å². The number of benzene rings is 1. The number of aromatic nitrogens is 2. The summed E-state index contributed by atoms with van der Waals surface area (Å²) in [5.41, 5.74) is -4.92. The van der Waals surface area contributed by atoms with Crippen molar-refractivity contribution in [2.75, 3.05) is 13.2 Å². The molecule has 0 saturated heterocycles. The Morgan fingerprint density at radius 1 is 1.04 bits per heavy atom. The number of hydrogen-bond acceptors (Lipinski definition) is 6. The first-order valence-corrected chi connectivity index (χ1v) is 8.37. The van der Waals surface area contributed by atoms with Crippen molar-refractivity contribution < 1.29 is 41.7 Å². The summed E-state index contributed by atoms with van der Waals surface area (Å²) in [6, 6.07) is 2.85. The van der Waals surface area contributed by atoms with Crippen molar-refractivity contribution in [3.8, 4) is 0 Å². The SMILES string of the molecule is CCCCOC(=O)c1ccc2c(c1)[n+]([O-])c(C(=O)OCC)c(C(F)(F)F)[n+]2[O-]. The summed E-state index contributed by atoms with van der Waals surface area (Å²) < 4.78 is 48.6. The van der Waals surface area contributed by atoms with Gasteiger partial charge in [0.2, 0.25) is 0 Å². The van der Waals surface area contributed by atoms with Crippen LogP contribution in [-0.2, 0) is 15.7 Å². The summed E-state index contributed by atoms with van der Waals surface area (Å²) in [4.78, 5) is 24.0. The molecule has 8 nitrogen and oxygen atoms in total. The number of fused-ring (bicyclic) bond motifs is 1. The second kappa shape index (κ2) is 8.28. The van der Waals surface area contributed by atoms with Gasteiger partial charge >= 0.3 is 29.5 Å². The highest BCUT2D eigenvalue weighted by atomic mass is 19.4. The predicted molar refractivity (Wildman–Crippen MR) is 88.0 cm³/mol. The van der Waals surface area contributed by atoms with Gasteiger partial charge in [-0.1, -0.05) is 13.3 Å². The third kappa shape index (κ3) is 4.07. The number of halogens is 3. The lowest BCUT2D eigenvalue weighted by molar-refractivity contribution is -0.647. The Morgan fingerprint density at radius 3 is 2.29 bits per heavy atom. The van der Waals surface area contributed by atoms with Gasteiger partial charge in [-0.2, -0.15) is 13.2 Å². The molecule has 1 aromatic heterocycles. The molecule has 28 heavy (non-hydrogen) atoms. The Kier molecular flexibility index (Phi) is 6.26. The molecule has 2 aromatic rings. The highest BCUT2D eigenvalue weighted by molar-refractivity contribution is 5.93. The zero-order valence-electron chi connectivity index (χ0n) is 15.0. The smallest absolute Gasteiger partial charge is 0.486 e. The van der Waals surface area contributed by atoms with E-state index in [2.05, 4.69) is 4.74 Å². The zero-order valence-corrected chi connectivity index (χ0v) is 15.0. The Morgan fingerprint density at radius 2 is 1.71 bits per heavy atom. The molecule has 2 rings (SSSR count). The van der Waals surface area contributed by atoms with E-state index in [0.29, 0.717) is 6.42 Å². The van der Waals surface area contributed by atoms with Crippen LogP contribution in [0.3, 0.4) is 0 Å². The molecule has 0 aliphatic heterocycles. The number of nitrogens with zero attached hydrogens (tertiary/aromatic N) is 2. The van der Waals surface area contributed by atoms with Gasteiger partial charge < -0.3 is 19.9 Å². The standard InChI is InChI=1S/C17H17F3N2O6/c1-3-5-8-28-15(23)10-6-7-11-12(9-10)21(25)13(16(24)27-4-2)14(22(11)26)17(18,19)20/h6-7,9H,3-5,8H2,1-2H3. The second-order valence-electron chi connectivity index (χ2n) is 5.70. The van der Waals surface area contributed by atoms with Crippen molar-refractivity contribution in [3.63, 3.8) is 0 Å². The molecule has 0 aliphatic carbocycles. The van der Waals surface area contributed by atoms with E-state index in [1.54, 1.807) is 0 Å². The van der Waals surface area contributed by atoms with E-state index in [9.17, 15) is 33.2 Å². The van der Waals surface area contributed by atoms with Crippen molar-refractivity contribution in [1.29, 1.82) is 0 Å². The minimum absolute atomic E-state index is 0.118. The van der Waals surface area contributed by atoms with Crippen molar-refractivity contribution in [2.45, 2.75) is 32.9 Å². The fourth-order valence-electron chi connectivity index (χ4n) is 2.44. The topological polar surface area (TPSA) is 106 Å². The van der Waals surface area contributed by atoms with Gasteiger partial charge in [-0.15, -0.1) is 9.46 Å². The van der Waals surface area contributed by atoms with Gasteiger partial charge in [0.25, 0.3) is 11.0 Å². The number of rotatable bonds is 6. The van der Waals surface area contributed by atoms with Gasteiger partial charge in [-0.3, -0.25) is 0 Å². The molecule has 0 atom stereocenters. The van der Waals surface area contributed by atoms with Crippen LogP contribution in [-0.4, -0.2) is 25.2 Å². The first-order chi connectivity index (χ1) is 13.1. The van der Waals surface area contributed by atoms with E-state index in [1.807, 2.05) is 6.92 Å². The van der Waals surface area contributed by atoms with Crippen LogP contribution in [0.4, 0.5) is 13.2 Å². The number of unbranched alkanes of at least 4 members (excludes halogenated alkanes) is 1. The third-order valence-corrected chi connectivity index (χ3v) is 3.75. The van der Waals surface area contributed by atoms with Crippen LogP contribution in [0.5, 0.6) is 0 Å². The Labute approximate surface area is 157 Å². The summed E-state index contributed by atoms with van der Waals surface area (Å²) in [5, 5.41) is 24.8. The normalized spacial score (nSPS) is 11.5. The largest absolute Gasteiger partial charge is 0.618 e. The maximum absolute atomic E-state index is 13.3. The number of carbonyl (C=O) groups is 2. The summed E-state index contributed by atoms with van der Waals surface area (Å²) in [6.07, 6.45) is -3.92. The van der Waals surface area contributed by atoms with Crippen LogP contribution >= 0.6 is 0 Å². The molecular weight excluding hydrogens is 385 g/mol. The molecule has 0 radical (unpaired) electrons. The van der Waals surface area contributed by atoms with Crippen LogP contribution < -0.4 is 9.46 Å². The molecule has 1 heterocycles. The molecule has 1 aromatic carbocycles. The van der Waals surface area contributed by atoms with Gasteiger partial charge in [0.15, 0.2) is 0 Å². The monoisotopic (exact) mass is 402 g/mol. The van der Waals surface area contributed by atoms with E-state index >= 15 is 0 Å². The minimum Gasteiger partial charge on any atom is -0.618 e. The lowest BCUT2D eigenvalue weighted by atomic mass is 10.1. The quantitative estimate of drug-likeness (QED) is 0.318. The molecule has 11 heteroatoms. The van der Waals surface area contributed by atoms with Crippen LogP contribution in [0.1, 0.15) is 53.2 Å². The average Bonchev–Trinajstić information content (AvgIpc) is 2.63. The minimum atomic E-state index is -5.29. The summed E-state index contributed by atoms with van der Waals surface area (Å²) in [5.74, 6) is -2.42. The number of esters is 2. The molecule has 0 fully saturated rings. The fourth-order valence-corrected chi connectivity index (χ4v) is 2.44. The van der Waals surface area contributed by atoms with Crippen LogP contribution in [0.2, 0.25) is 0 Å². The van der Waals surface area contributed by atoms with Gasteiger partial charge in [-0.25, -0.2) is 9.59 Å². The van der Waals surface area contributed by atoms with Crippen LogP contribution in [0.25, 0.3) is 11.0 Å². The lowest BCUT2D eigenvalue weighted by Gasteiger charge is -2.14. The predicted octanol–water partition coefficient (Wildman–Crippen LogP) is 2.26. The van der Waals surface area contributed by atoms with Gasteiger partial charge in [0, 0.05) is 12.1 Å². The zero-order chi connectivity index (χ0) is 21.1. The first kappa shape index (κ1) is 21.2. The number of carbonyl (C=O) groups excluding carboxylic acids is 2. The second-order valence-corrected chi connectivity index (χ2v) is 5.70. The van der Waals surface area contributed by atoms with E-state index < -0.39 is 45.3 Å². The summed E-state index contributed by atoms with van der Waals surface area (Å²) in [7, 11) is 0. The van der Waals surface area contributed by atoms with E-state index in [0.717, 1.165) is 24.6 Å². The highest BCUT2D eigenvalue weighted by Gasteiger charge is 2.52. The average molecular weight is 402 g/mol. The van der Waals surface area contributed by atoms with Crippen LogP contribution in [0.15, 0.2) is 18.2 Å². The number of ether oxygens (including phenoxy) is 2. The van der Waals surface area contributed by atoms with Crippen LogP contribution in [0, 0.1) is 10.4 Å². The molecule has 0 spiro atoms. The molecule has 152 valence electrons. The van der Waals surface area contributed by atoms with Crippen molar-refractivity contribution >= 4 is 23.0 Å². The number of hydrogen-bond donors (Lipinski definition) is 0. The Balaban J connectivity index is 2.69. The summed E-state index contributed by atoms with van der Waals surface area (Å²) in [6.45, 7) is 3.02. The van der Waals surface area contributed by atoms with Crippen molar-refractivity contribution in [1.82, 2.24) is 0 Å². The van der Waals surface area contributed by atoms with E-state index in [4.69, 9.17) is 4.74 Å². The molecule has 0 bridgehead atoms. The van der Waals surface area contributed by atoms with E-state index in [1.165, 1.54) is 6.92 Å². The molecule has 0 saturated carbocycles. The number of alkyl halides is 3. The lowest BCUT2D eigenvalue weighted by Crippen LogP contribution is -2.50. The molecule has 0 unspecified atom stereocenters. The highest BCUT2D eigenvalue weighted by Crippen LogP contribution is 2.29. The van der Waals surface area contributed by atoms with Gasteiger partial charge in [0.05, 0.1) is 18.8 Å². The third-order valence-electron chi connectivity index (χ3n) is 3.75. The van der Waals surface area contributed by atoms with Crippen molar-refractivity contribution in [2.24, 2.45) is 0 Å². The maximum Gasteiger partial charge on any atom is 0.486 e. The molecule has 0 aliphatic rings. The summed E-state index contributed by atoms with van der Waals surface area (Å²) >= 11 is 0. The Bertz CT molecular complexity index is 914. The molecule has 0 N–H and O–H groups in total. The maximum atomic E-state index is 13.3. The first-order valence-electron chi connectivity index (χ1n) is 8.37. The molecule has 0 amide bonds.